The highest BCUT2D eigenvalue weighted by molar-refractivity contribution is 5.91. The number of hydrogen-bond acceptors (Lipinski definition) is 3. The molecule has 1 saturated carbocycles. The van der Waals surface area contributed by atoms with Crippen molar-refractivity contribution in [2.45, 2.75) is 26.2 Å². The van der Waals surface area contributed by atoms with E-state index < -0.39 is 0 Å². The maximum absolute atomic E-state index is 12.3. The largest absolute Gasteiger partial charge is 0.493 e. The van der Waals surface area contributed by atoms with Crippen molar-refractivity contribution in [1.82, 2.24) is 4.90 Å². The van der Waals surface area contributed by atoms with Crippen LogP contribution in [0.1, 0.15) is 31.7 Å². The van der Waals surface area contributed by atoms with Crippen LogP contribution in [0, 0.1) is 5.92 Å². The van der Waals surface area contributed by atoms with Crippen molar-refractivity contribution < 1.29 is 14.3 Å². The van der Waals surface area contributed by atoms with Crippen molar-refractivity contribution in [2.75, 3.05) is 27.3 Å². The number of ether oxygens (including phenoxy) is 2. The second kappa shape index (κ2) is 7.87. The fourth-order valence-corrected chi connectivity index (χ4v) is 2.40. The SMILES string of the molecule is CCCN(CC1CC1)C(=O)C=Cc1ccc(OC)c(OC)c1. The van der Waals surface area contributed by atoms with Gasteiger partial charge in [0.15, 0.2) is 11.5 Å². The maximum Gasteiger partial charge on any atom is 0.246 e. The number of benzene rings is 1. The summed E-state index contributed by atoms with van der Waals surface area (Å²) in [6, 6.07) is 5.63. The molecule has 0 bridgehead atoms. The summed E-state index contributed by atoms with van der Waals surface area (Å²) in [5.74, 6) is 2.15. The van der Waals surface area contributed by atoms with E-state index in [0.717, 1.165) is 25.1 Å². The second-order valence-corrected chi connectivity index (χ2v) is 5.68. The number of nitrogens with zero attached hydrogens (tertiary/aromatic N) is 1. The molecule has 4 heteroatoms. The van der Waals surface area contributed by atoms with Crippen LogP contribution < -0.4 is 9.47 Å². The lowest BCUT2D eigenvalue weighted by Gasteiger charge is -2.20. The highest BCUT2D eigenvalue weighted by Crippen LogP contribution is 2.30. The van der Waals surface area contributed by atoms with Crippen molar-refractivity contribution in [3.8, 4) is 11.5 Å². The summed E-state index contributed by atoms with van der Waals surface area (Å²) >= 11 is 0. The zero-order chi connectivity index (χ0) is 15.9. The molecule has 0 heterocycles. The van der Waals surface area contributed by atoms with Gasteiger partial charge < -0.3 is 14.4 Å². The molecule has 0 aliphatic heterocycles. The van der Waals surface area contributed by atoms with Gasteiger partial charge in [-0.15, -0.1) is 0 Å². The first-order valence-corrected chi connectivity index (χ1v) is 7.87. The van der Waals surface area contributed by atoms with Crippen LogP contribution >= 0.6 is 0 Å². The highest BCUT2D eigenvalue weighted by Gasteiger charge is 2.25. The third-order valence-corrected chi connectivity index (χ3v) is 3.81. The van der Waals surface area contributed by atoms with Crippen LogP contribution in [0.4, 0.5) is 0 Å². The van der Waals surface area contributed by atoms with Crippen LogP contribution in [0.3, 0.4) is 0 Å². The van der Waals surface area contributed by atoms with Crippen molar-refractivity contribution in [2.24, 2.45) is 5.92 Å². The lowest BCUT2D eigenvalue weighted by Crippen LogP contribution is -2.32. The molecule has 0 spiro atoms. The zero-order valence-corrected chi connectivity index (χ0v) is 13.7. The van der Waals surface area contributed by atoms with Gasteiger partial charge in [-0.2, -0.15) is 0 Å². The van der Waals surface area contributed by atoms with E-state index in [-0.39, 0.29) is 5.91 Å². The van der Waals surface area contributed by atoms with Gasteiger partial charge in [-0.05, 0) is 49.0 Å². The molecule has 4 nitrogen and oxygen atoms in total. The van der Waals surface area contributed by atoms with Crippen LogP contribution in [0.15, 0.2) is 24.3 Å². The number of carbonyl (C=O) groups excluding carboxylic acids is 1. The third-order valence-electron chi connectivity index (χ3n) is 3.81. The monoisotopic (exact) mass is 303 g/mol. The number of hydrogen-bond donors (Lipinski definition) is 0. The standard InChI is InChI=1S/C18H25NO3/c1-4-11-19(13-15-5-6-15)18(20)10-8-14-7-9-16(21-2)17(12-14)22-3/h7-10,12,15H,4-6,11,13H2,1-3H3. The fraction of sp³-hybridized carbons (Fsp3) is 0.500. The van der Waals surface area contributed by atoms with Gasteiger partial charge in [0.1, 0.15) is 0 Å². The van der Waals surface area contributed by atoms with Gasteiger partial charge in [-0.25, -0.2) is 0 Å². The highest BCUT2D eigenvalue weighted by atomic mass is 16.5. The van der Waals surface area contributed by atoms with E-state index >= 15 is 0 Å². The smallest absolute Gasteiger partial charge is 0.246 e. The summed E-state index contributed by atoms with van der Waals surface area (Å²) in [5.41, 5.74) is 0.925. The summed E-state index contributed by atoms with van der Waals surface area (Å²) in [6.07, 6.45) is 6.99. The van der Waals surface area contributed by atoms with Gasteiger partial charge in [0.05, 0.1) is 14.2 Å². The molecule has 0 saturated heterocycles. The van der Waals surface area contributed by atoms with E-state index in [1.807, 2.05) is 29.2 Å². The van der Waals surface area contributed by atoms with Crippen molar-refractivity contribution in [1.29, 1.82) is 0 Å². The Hall–Kier alpha value is -1.97. The average molecular weight is 303 g/mol. The predicted molar refractivity (Wildman–Crippen MR) is 88.2 cm³/mol. The Morgan fingerprint density at radius 1 is 1.27 bits per heavy atom. The van der Waals surface area contributed by atoms with Gasteiger partial charge in [0, 0.05) is 19.2 Å². The van der Waals surface area contributed by atoms with Gasteiger partial charge in [-0.1, -0.05) is 13.0 Å². The number of methoxy groups -OCH3 is 2. The Balaban J connectivity index is 2.03. The van der Waals surface area contributed by atoms with Gasteiger partial charge in [-0.3, -0.25) is 4.79 Å². The molecule has 0 N–H and O–H groups in total. The molecule has 1 aliphatic carbocycles. The van der Waals surface area contributed by atoms with E-state index in [1.54, 1.807) is 20.3 Å². The molecule has 22 heavy (non-hydrogen) atoms. The van der Waals surface area contributed by atoms with Gasteiger partial charge in [0.25, 0.3) is 0 Å². The molecule has 1 aliphatic rings. The Bertz CT molecular complexity index is 535. The number of amides is 1. The summed E-state index contributed by atoms with van der Waals surface area (Å²) < 4.78 is 10.5. The van der Waals surface area contributed by atoms with Crippen LogP contribution in [-0.4, -0.2) is 38.1 Å². The lowest BCUT2D eigenvalue weighted by molar-refractivity contribution is -0.126. The average Bonchev–Trinajstić information content (AvgIpc) is 3.35. The fourth-order valence-electron chi connectivity index (χ4n) is 2.40. The first kappa shape index (κ1) is 16.4. The molecule has 120 valence electrons. The zero-order valence-electron chi connectivity index (χ0n) is 13.7. The minimum absolute atomic E-state index is 0.0866. The van der Waals surface area contributed by atoms with E-state index in [0.29, 0.717) is 17.4 Å². The van der Waals surface area contributed by atoms with E-state index in [9.17, 15) is 4.79 Å². The van der Waals surface area contributed by atoms with E-state index in [2.05, 4.69) is 6.92 Å². The number of carbonyl (C=O) groups is 1. The number of rotatable bonds is 8. The minimum Gasteiger partial charge on any atom is -0.493 e. The molecule has 1 amide bonds. The minimum atomic E-state index is 0.0866. The van der Waals surface area contributed by atoms with Crippen LogP contribution in [-0.2, 0) is 4.79 Å². The molecule has 0 unspecified atom stereocenters. The molecular weight excluding hydrogens is 278 g/mol. The Labute approximate surface area is 132 Å². The van der Waals surface area contributed by atoms with E-state index in [4.69, 9.17) is 9.47 Å². The van der Waals surface area contributed by atoms with Crippen molar-refractivity contribution in [3.63, 3.8) is 0 Å². The topological polar surface area (TPSA) is 38.8 Å². The normalized spacial score (nSPS) is 14.1. The van der Waals surface area contributed by atoms with Crippen molar-refractivity contribution >= 4 is 12.0 Å². The maximum atomic E-state index is 12.3. The summed E-state index contributed by atoms with van der Waals surface area (Å²) in [5, 5.41) is 0. The predicted octanol–water partition coefficient (Wildman–Crippen LogP) is 3.37. The molecule has 1 aromatic rings. The molecule has 0 atom stereocenters. The molecule has 1 fully saturated rings. The Morgan fingerprint density at radius 2 is 2.00 bits per heavy atom. The van der Waals surface area contributed by atoms with Crippen LogP contribution in [0.2, 0.25) is 0 Å². The van der Waals surface area contributed by atoms with Crippen LogP contribution in [0.5, 0.6) is 11.5 Å². The van der Waals surface area contributed by atoms with E-state index in [1.165, 1.54) is 12.8 Å². The van der Waals surface area contributed by atoms with Crippen molar-refractivity contribution in [3.05, 3.63) is 29.8 Å². The quantitative estimate of drug-likeness (QED) is 0.691. The Kier molecular flexibility index (Phi) is 5.87. The second-order valence-electron chi connectivity index (χ2n) is 5.68. The molecule has 1 aromatic carbocycles. The first-order valence-electron chi connectivity index (χ1n) is 7.87. The Morgan fingerprint density at radius 3 is 2.59 bits per heavy atom. The summed E-state index contributed by atoms with van der Waals surface area (Å²) in [6.45, 7) is 3.82. The molecule has 2 rings (SSSR count). The van der Waals surface area contributed by atoms with Gasteiger partial charge in [0.2, 0.25) is 5.91 Å². The third kappa shape index (κ3) is 4.52. The molecular formula is C18H25NO3. The lowest BCUT2D eigenvalue weighted by atomic mass is 10.2. The van der Waals surface area contributed by atoms with Crippen LogP contribution in [0.25, 0.3) is 6.08 Å². The first-order chi connectivity index (χ1) is 10.7. The van der Waals surface area contributed by atoms with Gasteiger partial charge >= 0.3 is 0 Å². The summed E-state index contributed by atoms with van der Waals surface area (Å²) in [4.78, 5) is 14.3. The molecule has 0 radical (unpaired) electrons. The molecule has 0 aromatic heterocycles. The summed E-state index contributed by atoms with van der Waals surface area (Å²) in [7, 11) is 3.21.